The van der Waals surface area contributed by atoms with Crippen LogP contribution in [0.2, 0.25) is 0 Å². The summed E-state index contributed by atoms with van der Waals surface area (Å²) >= 11 is 5.48. The van der Waals surface area contributed by atoms with E-state index in [-0.39, 0.29) is 11.5 Å². The molecule has 1 amide bonds. The summed E-state index contributed by atoms with van der Waals surface area (Å²) in [6.07, 6.45) is 1.38. The maximum atomic E-state index is 11.2. The Morgan fingerprint density at radius 1 is 1.60 bits per heavy atom. The Balaban J connectivity index is 2.10. The van der Waals surface area contributed by atoms with E-state index in [0.29, 0.717) is 32.2 Å². The first kappa shape index (κ1) is 12.6. The van der Waals surface area contributed by atoms with Crippen LogP contribution in [0.25, 0.3) is 0 Å². The number of carbonyl (C=O) groups is 1. The van der Waals surface area contributed by atoms with Gasteiger partial charge in [-0.1, -0.05) is 6.92 Å². The lowest BCUT2D eigenvalue weighted by Gasteiger charge is -2.39. The number of nitrogens with one attached hydrogen (secondary N) is 1. The van der Waals surface area contributed by atoms with Crippen LogP contribution in [0.15, 0.2) is 0 Å². The Bertz CT molecular complexity index is 201. The van der Waals surface area contributed by atoms with Crippen molar-refractivity contribution in [2.24, 2.45) is 5.41 Å². The number of alkyl halides is 1. The minimum atomic E-state index is -0.361. The molecule has 88 valence electrons. The van der Waals surface area contributed by atoms with Crippen molar-refractivity contribution >= 4 is 17.7 Å². The van der Waals surface area contributed by atoms with E-state index in [1.54, 1.807) is 0 Å². The standard InChI is InChI=1S/C10H18ClNO3/c1-2-10(6-14-7-10)8-15-9(13)12-5-3-4-11/h2-8H2,1H3,(H,12,13). The monoisotopic (exact) mass is 235 g/mol. The van der Waals surface area contributed by atoms with Gasteiger partial charge in [-0.3, -0.25) is 0 Å². The number of carbonyl (C=O) groups excluding carboxylic acids is 1. The molecule has 1 aliphatic heterocycles. The summed E-state index contributed by atoms with van der Waals surface area (Å²) in [7, 11) is 0. The van der Waals surface area contributed by atoms with Gasteiger partial charge in [0.2, 0.25) is 0 Å². The largest absolute Gasteiger partial charge is 0.449 e. The molecule has 4 nitrogen and oxygen atoms in total. The molecule has 0 aromatic rings. The van der Waals surface area contributed by atoms with Gasteiger partial charge in [-0.15, -0.1) is 11.6 Å². The molecule has 1 heterocycles. The fourth-order valence-electron chi connectivity index (χ4n) is 1.31. The summed E-state index contributed by atoms with van der Waals surface area (Å²) in [5, 5.41) is 2.64. The predicted molar refractivity (Wildman–Crippen MR) is 58.2 cm³/mol. The van der Waals surface area contributed by atoms with Crippen LogP contribution in [0, 0.1) is 5.41 Å². The van der Waals surface area contributed by atoms with Gasteiger partial charge >= 0.3 is 6.09 Å². The molecule has 0 bridgehead atoms. The smallest absolute Gasteiger partial charge is 0.407 e. The normalized spacial score (nSPS) is 18.0. The molecule has 0 radical (unpaired) electrons. The maximum absolute atomic E-state index is 11.2. The molecule has 0 spiro atoms. The van der Waals surface area contributed by atoms with Crippen LogP contribution >= 0.6 is 11.6 Å². The average Bonchev–Trinajstić information content (AvgIpc) is 2.17. The van der Waals surface area contributed by atoms with Crippen LogP contribution in [0.4, 0.5) is 4.79 Å². The molecule has 0 aromatic heterocycles. The topological polar surface area (TPSA) is 47.6 Å². The van der Waals surface area contributed by atoms with Crippen molar-refractivity contribution in [1.82, 2.24) is 5.32 Å². The molecule has 0 saturated carbocycles. The third kappa shape index (κ3) is 3.87. The summed E-state index contributed by atoms with van der Waals surface area (Å²) in [6, 6.07) is 0. The van der Waals surface area contributed by atoms with Crippen LogP contribution in [0.3, 0.4) is 0 Å². The quantitative estimate of drug-likeness (QED) is 0.564. The van der Waals surface area contributed by atoms with Gasteiger partial charge in [0.1, 0.15) is 6.61 Å². The van der Waals surface area contributed by atoms with E-state index >= 15 is 0 Å². The molecule has 5 heteroatoms. The zero-order chi connectivity index (χ0) is 11.1. The van der Waals surface area contributed by atoms with Crippen LogP contribution in [0.5, 0.6) is 0 Å². The van der Waals surface area contributed by atoms with Crippen molar-refractivity contribution in [3.05, 3.63) is 0 Å². The first-order valence-electron chi connectivity index (χ1n) is 5.27. The van der Waals surface area contributed by atoms with E-state index in [0.717, 1.165) is 12.8 Å². The van der Waals surface area contributed by atoms with E-state index in [4.69, 9.17) is 21.1 Å². The van der Waals surface area contributed by atoms with E-state index in [1.165, 1.54) is 0 Å². The van der Waals surface area contributed by atoms with E-state index in [2.05, 4.69) is 12.2 Å². The van der Waals surface area contributed by atoms with Crippen molar-refractivity contribution in [1.29, 1.82) is 0 Å². The first-order chi connectivity index (χ1) is 7.22. The van der Waals surface area contributed by atoms with E-state index in [1.807, 2.05) is 0 Å². The predicted octanol–water partition coefficient (Wildman–Crippen LogP) is 1.77. The molecule has 1 aliphatic rings. The number of amides is 1. The summed E-state index contributed by atoms with van der Waals surface area (Å²) in [4.78, 5) is 11.2. The molecule has 1 N–H and O–H groups in total. The highest BCUT2D eigenvalue weighted by Gasteiger charge is 2.38. The Kier molecular flexibility index (Phi) is 5.19. The molecule has 0 aliphatic carbocycles. The fourth-order valence-corrected chi connectivity index (χ4v) is 1.44. The Hall–Kier alpha value is -0.480. The highest BCUT2D eigenvalue weighted by Crippen LogP contribution is 2.31. The van der Waals surface area contributed by atoms with Crippen LogP contribution < -0.4 is 5.32 Å². The lowest BCUT2D eigenvalue weighted by Crippen LogP contribution is -2.46. The molecule has 1 fully saturated rings. The Morgan fingerprint density at radius 3 is 2.80 bits per heavy atom. The van der Waals surface area contributed by atoms with Crippen molar-refractivity contribution in [3.8, 4) is 0 Å². The second-order valence-corrected chi connectivity index (χ2v) is 4.27. The lowest BCUT2D eigenvalue weighted by molar-refractivity contribution is -0.138. The Morgan fingerprint density at radius 2 is 2.33 bits per heavy atom. The SMILES string of the molecule is CCC1(COC(=O)NCCCCl)COC1. The van der Waals surface area contributed by atoms with Crippen molar-refractivity contribution in [2.75, 3.05) is 32.2 Å². The summed E-state index contributed by atoms with van der Waals surface area (Å²) < 4.78 is 10.2. The van der Waals surface area contributed by atoms with Crippen molar-refractivity contribution in [3.63, 3.8) is 0 Å². The lowest BCUT2D eigenvalue weighted by atomic mass is 9.84. The highest BCUT2D eigenvalue weighted by molar-refractivity contribution is 6.17. The third-order valence-corrected chi connectivity index (χ3v) is 2.92. The summed E-state index contributed by atoms with van der Waals surface area (Å²) in [5.74, 6) is 0.549. The molecule has 1 rings (SSSR count). The zero-order valence-corrected chi connectivity index (χ0v) is 9.81. The zero-order valence-electron chi connectivity index (χ0n) is 9.05. The van der Waals surface area contributed by atoms with Gasteiger partial charge in [-0.2, -0.15) is 0 Å². The number of hydrogen-bond donors (Lipinski definition) is 1. The fraction of sp³-hybridized carbons (Fsp3) is 0.900. The third-order valence-electron chi connectivity index (χ3n) is 2.66. The summed E-state index contributed by atoms with van der Waals surface area (Å²) in [6.45, 7) is 4.47. The maximum Gasteiger partial charge on any atom is 0.407 e. The van der Waals surface area contributed by atoms with Gasteiger partial charge in [-0.05, 0) is 12.8 Å². The van der Waals surface area contributed by atoms with Gasteiger partial charge < -0.3 is 14.8 Å². The second-order valence-electron chi connectivity index (χ2n) is 3.89. The van der Waals surface area contributed by atoms with Crippen molar-refractivity contribution < 1.29 is 14.3 Å². The number of alkyl carbamates (subject to hydrolysis) is 1. The summed E-state index contributed by atoms with van der Waals surface area (Å²) in [5.41, 5.74) is 0.0593. The minimum Gasteiger partial charge on any atom is -0.449 e. The van der Waals surface area contributed by atoms with Gasteiger partial charge in [0.25, 0.3) is 0 Å². The Labute approximate surface area is 95.3 Å². The first-order valence-corrected chi connectivity index (χ1v) is 5.80. The highest BCUT2D eigenvalue weighted by atomic mass is 35.5. The van der Waals surface area contributed by atoms with E-state index in [9.17, 15) is 4.79 Å². The molecule has 0 unspecified atom stereocenters. The van der Waals surface area contributed by atoms with Crippen LogP contribution in [-0.2, 0) is 9.47 Å². The average molecular weight is 236 g/mol. The van der Waals surface area contributed by atoms with Gasteiger partial charge in [0, 0.05) is 12.4 Å². The molecular weight excluding hydrogens is 218 g/mol. The van der Waals surface area contributed by atoms with Crippen molar-refractivity contribution in [2.45, 2.75) is 19.8 Å². The van der Waals surface area contributed by atoms with Crippen LogP contribution in [-0.4, -0.2) is 38.3 Å². The molecule has 1 saturated heterocycles. The number of rotatable bonds is 6. The molecule has 0 atom stereocenters. The van der Waals surface area contributed by atoms with Gasteiger partial charge in [-0.25, -0.2) is 4.79 Å². The second kappa shape index (κ2) is 6.18. The number of hydrogen-bond acceptors (Lipinski definition) is 3. The van der Waals surface area contributed by atoms with Gasteiger partial charge in [0.15, 0.2) is 0 Å². The number of ether oxygens (including phenoxy) is 2. The molecular formula is C10H18ClNO3. The van der Waals surface area contributed by atoms with E-state index < -0.39 is 0 Å². The minimum absolute atomic E-state index is 0.0593. The number of halogens is 1. The van der Waals surface area contributed by atoms with Crippen LogP contribution in [0.1, 0.15) is 19.8 Å². The molecule has 0 aromatic carbocycles. The van der Waals surface area contributed by atoms with Gasteiger partial charge in [0.05, 0.1) is 18.6 Å². The molecule has 15 heavy (non-hydrogen) atoms.